The summed E-state index contributed by atoms with van der Waals surface area (Å²) in [6.07, 6.45) is 3.64. The van der Waals surface area contributed by atoms with E-state index in [9.17, 15) is 14.9 Å². The molecule has 0 spiro atoms. The van der Waals surface area contributed by atoms with Crippen molar-refractivity contribution < 1.29 is 14.5 Å². The molecule has 2 rings (SSSR count). The molecule has 1 aliphatic rings. The van der Waals surface area contributed by atoms with Crippen LogP contribution in [0.3, 0.4) is 0 Å². The van der Waals surface area contributed by atoms with Crippen molar-refractivity contribution in [2.45, 2.75) is 25.3 Å². The lowest BCUT2D eigenvalue weighted by Crippen LogP contribution is -2.30. The van der Waals surface area contributed by atoms with Crippen LogP contribution in [0.4, 0.5) is 5.69 Å². The van der Waals surface area contributed by atoms with Gasteiger partial charge < -0.3 is 4.74 Å². The number of nitrogens with zero attached hydrogens (tertiary/aromatic N) is 3. The number of aromatic nitrogens is 2. The summed E-state index contributed by atoms with van der Waals surface area (Å²) in [5.41, 5.74) is -0.917. The summed E-state index contributed by atoms with van der Waals surface area (Å²) in [4.78, 5) is 21.6. The summed E-state index contributed by atoms with van der Waals surface area (Å²) in [7, 11) is 0. The minimum atomic E-state index is -0.801. The summed E-state index contributed by atoms with van der Waals surface area (Å²) in [6.45, 7) is 2.02. The fourth-order valence-corrected chi connectivity index (χ4v) is 1.55. The van der Waals surface area contributed by atoms with Gasteiger partial charge in [-0.1, -0.05) is 0 Å². The molecular formula is C9H11N3O4. The van der Waals surface area contributed by atoms with Gasteiger partial charge in [0.15, 0.2) is 5.54 Å². The van der Waals surface area contributed by atoms with Crippen LogP contribution in [-0.4, -0.2) is 27.3 Å². The lowest BCUT2D eigenvalue weighted by molar-refractivity contribution is -0.385. The highest BCUT2D eigenvalue weighted by Gasteiger charge is 2.54. The summed E-state index contributed by atoms with van der Waals surface area (Å²) in [5.74, 6) is -0.368. The van der Waals surface area contributed by atoms with Crippen molar-refractivity contribution in [3.05, 3.63) is 22.5 Å². The quantitative estimate of drug-likeness (QED) is 0.430. The largest absolute Gasteiger partial charge is 0.464 e. The van der Waals surface area contributed by atoms with Crippen LogP contribution in [0.2, 0.25) is 0 Å². The zero-order valence-corrected chi connectivity index (χ0v) is 8.75. The summed E-state index contributed by atoms with van der Waals surface area (Å²) in [6, 6.07) is 0. The number of nitro groups is 1. The van der Waals surface area contributed by atoms with Crippen LogP contribution in [0.1, 0.15) is 19.8 Å². The molecule has 0 radical (unpaired) electrons. The molecular weight excluding hydrogens is 214 g/mol. The van der Waals surface area contributed by atoms with Gasteiger partial charge in [0.25, 0.3) is 0 Å². The number of esters is 1. The monoisotopic (exact) mass is 225 g/mol. The Kier molecular flexibility index (Phi) is 2.37. The second kappa shape index (κ2) is 3.58. The maximum atomic E-state index is 11.7. The van der Waals surface area contributed by atoms with Gasteiger partial charge in [0, 0.05) is 0 Å². The van der Waals surface area contributed by atoms with Gasteiger partial charge in [0.2, 0.25) is 0 Å². The van der Waals surface area contributed by atoms with Gasteiger partial charge in [0.1, 0.15) is 12.4 Å². The molecule has 0 bridgehead atoms. The predicted molar refractivity (Wildman–Crippen MR) is 52.7 cm³/mol. The molecule has 7 nitrogen and oxygen atoms in total. The van der Waals surface area contributed by atoms with Gasteiger partial charge in [-0.05, 0) is 19.8 Å². The first-order chi connectivity index (χ1) is 7.60. The van der Waals surface area contributed by atoms with E-state index in [4.69, 9.17) is 4.74 Å². The number of hydrogen-bond acceptors (Lipinski definition) is 5. The van der Waals surface area contributed by atoms with Crippen LogP contribution in [0.5, 0.6) is 0 Å². The lowest BCUT2D eigenvalue weighted by Gasteiger charge is -2.13. The van der Waals surface area contributed by atoms with Crippen molar-refractivity contribution >= 4 is 11.7 Å². The minimum Gasteiger partial charge on any atom is -0.464 e. The molecule has 1 saturated carbocycles. The Bertz CT molecular complexity index is 436. The second-order valence-corrected chi connectivity index (χ2v) is 3.65. The van der Waals surface area contributed by atoms with Crippen molar-refractivity contribution in [1.29, 1.82) is 0 Å². The Balaban J connectivity index is 2.23. The Labute approximate surface area is 91.2 Å². The Hall–Kier alpha value is -1.92. The fourth-order valence-electron chi connectivity index (χ4n) is 1.55. The molecule has 0 aromatic carbocycles. The number of hydrogen-bond donors (Lipinski definition) is 0. The summed E-state index contributed by atoms with van der Waals surface area (Å²) in [5, 5.41) is 14.3. The highest BCUT2D eigenvalue weighted by atomic mass is 16.6. The first kappa shape index (κ1) is 10.6. The van der Waals surface area contributed by atoms with Crippen molar-refractivity contribution in [2.24, 2.45) is 0 Å². The van der Waals surface area contributed by atoms with Gasteiger partial charge in [-0.15, -0.1) is 0 Å². The topological polar surface area (TPSA) is 87.3 Å². The molecule has 0 aliphatic heterocycles. The van der Waals surface area contributed by atoms with Crippen molar-refractivity contribution in [3.63, 3.8) is 0 Å². The first-order valence-corrected chi connectivity index (χ1v) is 4.97. The van der Waals surface area contributed by atoms with Crippen molar-refractivity contribution in [1.82, 2.24) is 9.78 Å². The van der Waals surface area contributed by atoms with E-state index in [0.717, 1.165) is 6.20 Å². The molecule has 1 aliphatic carbocycles. The zero-order chi connectivity index (χ0) is 11.8. The molecule has 0 N–H and O–H groups in total. The van der Waals surface area contributed by atoms with E-state index < -0.39 is 10.5 Å². The molecule has 16 heavy (non-hydrogen) atoms. The van der Waals surface area contributed by atoms with E-state index >= 15 is 0 Å². The van der Waals surface area contributed by atoms with Crippen LogP contribution in [0.15, 0.2) is 12.4 Å². The Morgan fingerprint density at radius 3 is 2.88 bits per heavy atom. The average Bonchev–Trinajstić information content (AvgIpc) is 2.89. The average molecular weight is 225 g/mol. The van der Waals surface area contributed by atoms with Gasteiger partial charge in [-0.2, -0.15) is 5.10 Å². The minimum absolute atomic E-state index is 0.115. The van der Waals surface area contributed by atoms with Gasteiger partial charge in [0.05, 0.1) is 11.5 Å². The fraction of sp³-hybridized carbons (Fsp3) is 0.556. The smallest absolute Gasteiger partial charge is 0.334 e. The third kappa shape index (κ3) is 1.54. The van der Waals surface area contributed by atoms with E-state index in [1.807, 2.05) is 0 Å². The van der Waals surface area contributed by atoms with Crippen LogP contribution in [0, 0.1) is 10.1 Å². The summed E-state index contributed by atoms with van der Waals surface area (Å²) < 4.78 is 6.26. The van der Waals surface area contributed by atoms with Gasteiger partial charge in [-0.3, -0.25) is 10.1 Å². The van der Waals surface area contributed by atoms with E-state index in [-0.39, 0.29) is 11.7 Å². The third-order valence-corrected chi connectivity index (χ3v) is 2.60. The molecule has 0 atom stereocenters. The normalized spacial score (nSPS) is 16.8. The van der Waals surface area contributed by atoms with Crippen LogP contribution < -0.4 is 0 Å². The van der Waals surface area contributed by atoms with E-state index in [2.05, 4.69) is 5.10 Å². The van der Waals surface area contributed by atoms with E-state index in [1.165, 1.54) is 10.9 Å². The molecule has 86 valence electrons. The van der Waals surface area contributed by atoms with Crippen molar-refractivity contribution in [2.75, 3.05) is 6.61 Å². The van der Waals surface area contributed by atoms with E-state index in [0.29, 0.717) is 19.4 Å². The second-order valence-electron chi connectivity index (χ2n) is 3.65. The first-order valence-electron chi connectivity index (χ1n) is 4.97. The standard InChI is InChI=1S/C9H11N3O4/c1-2-16-8(13)9(3-4-9)11-6-7(5-10-11)12(14)15/h5-6H,2-4H2,1H3. The number of carbonyl (C=O) groups excluding carboxylic acids is 1. The molecule has 0 unspecified atom stereocenters. The molecule has 1 aromatic rings. The van der Waals surface area contributed by atoms with E-state index in [1.54, 1.807) is 6.92 Å². The lowest BCUT2D eigenvalue weighted by atomic mass is 10.3. The van der Waals surface area contributed by atoms with Crippen molar-refractivity contribution in [3.8, 4) is 0 Å². The molecule has 1 fully saturated rings. The molecule has 0 saturated heterocycles. The third-order valence-electron chi connectivity index (χ3n) is 2.60. The Morgan fingerprint density at radius 1 is 1.75 bits per heavy atom. The zero-order valence-electron chi connectivity index (χ0n) is 8.75. The highest BCUT2D eigenvalue weighted by Crippen LogP contribution is 2.44. The highest BCUT2D eigenvalue weighted by molar-refractivity contribution is 5.82. The maximum absolute atomic E-state index is 11.7. The van der Waals surface area contributed by atoms with Crippen LogP contribution in [0.25, 0.3) is 0 Å². The molecule has 0 amide bonds. The molecule has 1 heterocycles. The van der Waals surface area contributed by atoms with Crippen LogP contribution >= 0.6 is 0 Å². The van der Waals surface area contributed by atoms with Gasteiger partial charge in [-0.25, -0.2) is 9.48 Å². The predicted octanol–water partition coefficient (Wildman–Crippen LogP) is 0.843. The molecule has 1 aromatic heterocycles. The Morgan fingerprint density at radius 2 is 2.44 bits per heavy atom. The number of carbonyl (C=O) groups is 1. The SMILES string of the molecule is CCOC(=O)C1(n2cc([N+](=O)[O-])cn2)CC1. The van der Waals surface area contributed by atoms with Gasteiger partial charge >= 0.3 is 11.7 Å². The number of ether oxygens (including phenoxy) is 1. The maximum Gasteiger partial charge on any atom is 0.334 e. The van der Waals surface area contributed by atoms with Crippen LogP contribution in [-0.2, 0) is 15.1 Å². The molecule has 7 heteroatoms. The number of rotatable bonds is 4. The summed E-state index contributed by atoms with van der Waals surface area (Å²) >= 11 is 0.